The van der Waals surface area contributed by atoms with Crippen LogP contribution >= 0.6 is 0 Å². The molecule has 0 amide bonds. The van der Waals surface area contributed by atoms with E-state index in [1.807, 2.05) is 30.3 Å². The van der Waals surface area contributed by atoms with Gasteiger partial charge in [0.2, 0.25) is 0 Å². The molecule has 0 N–H and O–H groups in total. The molecule has 0 aliphatic carbocycles. The Hall–Kier alpha value is -2.28. The van der Waals surface area contributed by atoms with Crippen LogP contribution in [-0.4, -0.2) is 0 Å². The molecule has 0 unspecified atom stereocenters. The molecule has 0 aliphatic rings. The average Bonchev–Trinajstić information content (AvgIpc) is 2.55. The first-order valence-electron chi connectivity index (χ1n) is 7.41. The van der Waals surface area contributed by atoms with Crippen molar-refractivity contribution in [3.8, 4) is 11.5 Å². The van der Waals surface area contributed by atoms with Gasteiger partial charge in [-0.2, -0.15) is 0 Å². The number of hydrogen-bond acceptors (Lipinski definition) is 1. The Labute approximate surface area is 126 Å². The third kappa shape index (κ3) is 3.08. The van der Waals surface area contributed by atoms with Gasteiger partial charge in [-0.3, -0.25) is 0 Å². The molecule has 3 aromatic carbocycles. The monoisotopic (exact) mass is 275 g/mol. The van der Waals surface area contributed by atoms with Gasteiger partial charge in [0.15, 0.2) is 0 Å². The van der Waals surface area contributed by atoms with Gasteiger partial charge in [-0.1, -0.05) is 61.9 Å². The highest BCUT2D eigenvalue weighted by atomic mass is 16.5. The molecule has 1 nitrogen and oxygen atoms in total. The Morgan fingerprint density at radius 1 is 0.810 bits per heavy atom. The van der Waals surface area contributed by atoms with Gasteiger partial charge in [0.25, 0.3) is 0 Å². The number of unbranched alkanes of at least 4 members (excludes halogenated alkanes) is 1. The number of hydrogen-bond donors (Lipinski definition) is 0. The second-order valence-corrected chi connectivity index (χ2v) is 5.14. The summed E-state index contributed by atoms with van der Waals surface area (Å²) in [4.78, 5) is 0. The predicted molar refractivity (Wildman–Crippen MR) is 88.8 cm³/mol. The topological polar surface area (TPSA) is 9.23 Å². The van der Waals surface area contributed by atoms with Crippen LogP contribution in [0.5, 0.6) is 11.5 Å². The molecule has 0 aromatic heterocycles. The molecule has 0 heterocycles. The molecule has 0 aliphatic heterocycles. The normalized spacial score (nSPS) is 10.7. The number of fused-ring (bicyclic) bond motifs is 1. The minimum Gasteiger partial charge on any atom is -0.457 e. The average molecular weight is 275 g/mol. The van der Waals surface area contributed by atoms with Crippen molar-refractivity contribution in [2.45, 2.75) is 19.3 Å². The van der Waals surface area contributed by atoms with E-state index in [9.17, 15) is 0 Å². The first-order valence-corrected chi connectivity index (χ1v) is 7.41. The van der Waals surface area contributed by atoms with Crippen LogP contribution in [0.2, 0.25) is 0 Å². The van der Waals surface area contributed by atoms with Gasteiger partial charge in [0.1, 0.15) is 11.5 Å². The van der Waals surface area contributed by atoms with E-state index in [1.54, 1.807) is 0 Å². The van der Waals surface area contributed by atoms with Crippen LogP contribution in [0.25, 0.3) is 10.8 Å². The van der Waals surface area contributed by atoms with Crippen molar-refractivity contribution in [1.29, 1.82) is 0 Å². The van der Waals surface area contributed by atoms with Crippen molar-refractivity contribution >= 4 is 10.8 Å². The van der Waals surface area contributed by atoms with Gasteiger partial charge in [0, 0.05) is 5.56 Å². The lowest BCUT2D eigenvalue weighted by Gasteiger charge is -2.14. The molecule has 21 heavy (non-hydrogen) atoms. The first kappa shape index (κ1) is 13.7. The minimum absolute atomic E-state index is 0.878. The number of benzene rings is 3. The van der Waals surface area contributed by atoms with Gasteiger partial charge >= 0.3 is 0 Å². The molecule has 0 bridgehead atoms. The maximum Gasteiger partial charge on any atom is 0.131 e. The second kappa shape index (κ2) is 6.45. The summed E-state index contributed by atoms with van der Waals surface area (Å²) >= 11 is 0. The van der Waals surface area contributed by atoms with E-state index in [0.717, 1.165) is 30.8 Å². The summed E-state index contributed by atoms with van der Waals surface area (Å²) < 4.78 is 6.09. The Morgan fingerprint density at radius 2 is 1.57 bits per heavy atom. The highest BCUT2D eigenvalue weighted by Gasteiger charge is 2.09. The Kier molecular flexibility index (Phi) is 4.20. The van der Waals surface area contributed by atoms with Crippen LogP contribution in [0.4, 0.5) is 0 Å². The third-order valence-electron chi connectivity index (χ3n) is 3.65. The van der Waals surface area contributed by atoms with Gasteiger partial charge in [-0.25, -0.2) is 0 Å². The molecule has 0 fully saturated rings. The van der Waals surface area contributed by atoms with Crippen LogP contribution in [-0.2, 0) is 6.42 Å². The molecular weight excluding hydrogens is 256 g/mol. The fourth-order valence-electron chi connectivity index (χ4n) is 2.59. The number of ether oxygens (including phenoxy) is 1. The maximum atomic E-state index is 6.09. The molecule has 0 spiro atoms. The second-order valence-electron chi connectivity index (χ2n) is 5.14. The zero-order valence-corrected chi connectivity index (χ0v) is 12.1. The van der Waals surface area contributed by atoms with E-state index < -0.39 is 0 Å². The molecule has 3 aromatic rings. The van der Waals surface area contributed by atoms with Crippen LogP contribution in [0.3, 0.4) is 0 Å². The largest absolute Gasteiger partial charge is 0.457 e. The fourth-order valence-corrected chi connectivity index (χ4v) is 2.59. The highest BCUT2D eigenvalue weighted by Crippen LogP contribution is 2.32. The van der Waals surface area contributed by atoms with Gasteiger partial charge in [-0.15, -0.1) is 0 Å². The number of para-hydroxylation sites is 1. The summed E-state index contributed by atoms with van der Waals surface area (Å²) in [7, 11) is 0. The lowest BCUT2D eigenvalue weighted by atomic mass is 9.99. The smallest absolute Gasteiger partial charge is 0.131 e. The van der Waals surface area contributed by atoms with Crippen molar-refractivity contribution in [3.05, 3.63) is 79.2 Å². The summed E-state index contributed by atoms with van der Waals surface area (Å²) in [6.07, 6.45) is 3.00. The van der Waals surface area contributed by atoms with Gasteiger partial charge < -0.3 is 4.74 Å². The first-order chi connectivity index (χ1) is 10.4. The van der Waals surface area contributed by atoms with E-state index in [1.165, 1.54) is 16.3 Å². The third-order valence-corrected chi connectivity index (χ3v) is 3.65. The minimum atomic E-state index is 0.878. The zero-order valence-electron chi connectivity index (χ0n) is 12.1. The number of rotatable bonds is 5. The quantitative estimate of drug-likeness (QED) is 0.572. The lowest BCUT2D eigenvalue weighted by Crippen LogP contribution is -1.94. The van der Waals surface area contributed by atoms with E-state index in [2.05, 4.69) is 43.3 Å². The standard InChI is InChI=1S/C20H19O/c1-2-3-12-19-18-13-8-7-9-16(18)14-15-20(19)21-17-10-5-4-6-11-17/h4-11,13-15H,1-3,12H2. The van der Waals surface area contributed by atoms with Crippen molar-refractivity contribution in [2.24, 2.45) is 0 Å². The van der Waals surface area contributed by atoms with Gasteiger partial charge in [0.05, 0.1) is 0 Å². The van der Waals surface area contributed by atoms with Crippen LogP contribution in [0, 0.1) is 6.92 Å². The number of aryl methyl sites for hydroxylation is 1. The van der Waals surface area contributed by atoms with E-state index in [-0.39, 0.29) is 0 Å². The fraction of sp³-hybridized carbons (Fsp3) is 0.150. The summed E-state index contributed by atoms with van der Waals surface area (Å²) in [5, 5.41) is 2.54. The SMILES string of the molecule is [CH2]CCCc1c(Oc2ccccc2)ccc2ccccc12. The molecular formula is C20H19O. The summed E-state index contributed by atoms with van der Waals surface area (Å²) in [6, 6.07) is 22.6. The van der Waals surface area contributed by atoms with Crippen molar-refractivity contribution in [1.82, 2.24) is 0 Å². The predicted octanol–water partition coefficient (Wildman–Crippen LogP) is 5.79. The zero-order chi connectivity index (χ0) is 14.5. The van der Waals surface area contributed by atoms with E-state index in [0.29, 0.717) is 0 Å². The van der Waals surface area contributed by atoms with E-state index in [4.69, 9.17) is 4.74 Å². The van der Waals surface area contributed by atoms with Gasteiger partial charge in [-0.05, 0) is 41.8 Å². The van der Waals surface area contributed by atoms with E-state index >= 15 is 0 Å². The molecule has 1 heteroatoms. The van der Waals surface area contributed by atoms with Crippen LogP contribution in [0.1, 0.15) is 18.4 Å². The van der Waals surface area contributed by atoms with Crippen LogP contribution in [0.15, 0.2) is 66.7 Å². The molecule has 0 saturated heterocycles. The Morgan fingerprint density at radius 3 is 2.38 bits per heavy atom. The summed E-state index contributed by atoms with van der Waals surface area (Å²) in [5.41, 5.74) is 1.28. The molecule has 0 saturated carbocycles. The van der Waals surface area contributed by atoms with Crippen molar-refractivity contribution in [3.63, 3.8) is 0 Å². The molecule has 0 atom stereocenters. The van der Waals surface area contributed by atoms with Crippen molar-refractivity contribution < 1.29 is 4.74 Å². The molecule has 3 rings (SSSR count). The Bertz CT molecular complexity index is 716. The maximum absolute atomic E-state index is 6.09. The molecule has 105 valence electrons. The van der Waals surface area contributed by atoms with Crippen LogP contribution < -0.4 is 4.74 Å². The molecule has 1 radical (unpaired) electrons. The lowest BCUT2D eigenvalue weighted by molar-refractivity contribution is 0.476. The summed E-state index contributed by atoms with van der Waals surface area (Å²) in [6.45, 7) is 3.95. The summed E-state index contributed by atoms with van der Waals surface area (Å²) in [5.74, 6) is 1.83. The Balaban J connectivity index is 2.04. The van der Waals surface area contributed by atoms with Crippen molar-refractivity contribution in [2.75, 3.05) is 0 Å². The highest BCUT2D eigenvalue weighted by molar-refractivity contribution is 5.87.